The second-order valence-corrected chi connectivity index (χ2v) is 7.78. The minimum absolute atomic E-state index is 0.0144. The quantitative estimate of drug-likeness (QED) is 0.453. The molecule has 30 heavy (non-hydrogen) atoms. The van der Waals surface area contributed by atoms with Crippen LogP contribution in [0.1, 0.15) is 29.2 Å². The van der Waals surface area contributed by atoms with E-state index in [1.165, 1.54) is 0 Å². The van der Waals surface area contributed by atoms with Gasteiger partial charge in [0.15, 0.2) is 0 Å². The summed E-state index contributed by atoms with van der Waals surface area (Å²) in [5, 5.41) is 9.30. The maximum atomic E-state index is 13.0. The molecule has 0 saturated heterocycles. The number of para-hydroxylation sites is 1. The van der Waals surface area contributed by atoms with Crippen molar-refractivity contribution in [3.05, 3.63) is 93.5 Å². The molecule has 0 atom stereocenters. The molecule has 1 aliphatic rings. The zero-order valence-electron chi connectivity index (χ0n) is 16.4. The van der Waals surface area contributed by atoms with Crippen molar-refractivity contribution in [1.82, 2.24) is 0 Å². The second-order valence-electron chi connectivity index (χ2n) is 6.86. The Labute approximate surface area is 184 Å². The van der Waals surface area contributed by atoms with Crippen LogP contribution in [0.3, 0.4) is 0 Å². The predicted octanol–water partition coefficient (Wildman–Crippen LogP) is 5.81. The molecule has 1 aliphatic heterocycles. The molecule has 4 rings (SSSR count). The lowest BCUT2D eigenvalue weighted by atomic mass is 10.0. The van der Waals surface area contributed by atoms with Crippen molar-refractivity contribution in [1.29, 1.82) is 5.26 Å². The number of hydrogen-bond acceptors (Lipinski definition) is 3. The van der Waals surface area contributed by atoms with E-state index in [1.807, 2.05) is 73.7 Å². The molecule has 5 heteroatoms. The number of hydrogen-bond donors (Lipinski definition) is 0. The summed E-state index contributed by atoms with van der Waals surface area (Å²) in [5.41, 5.74) is 4.71. The molecule has 0 spiro atoms. The van der Waals surface area contributed by atoms with Gasteiger partial charge in [-0.3, -0.25) is 4.79 Å². The molecule has 4 nitrogen and oxygen atoms in total. The van der Waals surface area contributed by atoms with Crippen LogP contribution in [0.2, 0.25) is 0 Å². The van der Waals surface area contributed by atoms with Crippen molar-refractivity contribution in [3.8, 4) is 11.8 Å². The Kier molecular flexibility index (Phi) is 5.69. The monoisotopic (exact) mass is 458 g/mol. The van der Waals surface area contributed by atoms with Crippen LogP contribution < -0.4 is 9.64 Å². The fraction of sp³-hybridized carbons (Fsp3) is 0.120. The van der Waals surface area contributed by atoms with E-state index in [1.54, 1.807) is 11.0 Å². The highest BCUT2D eigenvalue weighted by atomic mass is 79.9. The first-order chi connectivity index (χ1) is 14.6. The standard InChI is InChI=1S/C25H19BrN2O2/c1-2-28-23-10-6-5-9-21(23)22(25(28)29)14-19-13-20(26)11-12-24(19)30-16-18-8-4-3-7-17(18)15-27/h3-14H,2,16H2,1H3/b22-14-. The van der Waals surface area contributed by atoms with E-state index < -0.39 is 0 Å². The molecule has 1 heterocycles. The van der Waals surface area contributed by atoms with E-state index >= 15 is 0 Å². The molecule has 3 aromatic rings. The van der Waals surface area contributed by atoms with E-state index in [4.69, 9.17) is 4.74 Å². The maximum Gasteiger partial charge on any atom is 0.258 e. The highest BCUT2D eigenvalue weighted by Gasteiger charge is 2.31. The number of carbonyl (C=O) groups is 1. The molecule has 0 aliphatic carbocycles. The van der Waals surface area contributed by atoms with Gasteiger partial charge >= 0.3 is 0 Å². The average Bonchev–Trinajstić information content (AvgIpc) is 3.04. The van der Waals surface area contributed by atoms with Gasteiger partial charge in [0, 0.05) is 33.3 Å². The van der Waals surface area contributed by atoms with E-state index in [-0.39, 0.29) is 12.5 Å². The van der Waals surface area contributed by atoms with Crippen LogP contribution in [0.4, 0.5) is 5.69 Å². The third-order valence-corrected chi connectivity index (χ3v) is 5.56. The van der Waals surface area contributed by atoms with Gasteiger partial charge in [-0.2, -0.15) is 5.26 Å². The lowest BCUT2D eigenvalue weighted by Gasteiger charge is -2.13. The van der Waals surface area contributed by atoms with E-state index in [0.717, 1.165) is 26.9 Å². The average molecular weight is 459 g/mol. The molecule has 3 aromatic carbocycles. The zero-order valence-corrected chi connectivity index (χ0v) is 18.0. The summed E-state index contributed by atoms with van der Waals surface area (Å²) in [4.78, 5) is 14.8. The maximum absolute atomic E-state index is 13.0. The number of amides is 1. The molecule has 0 fully saturated rings. The number of fused-ring (bicyclic) bond motifs is 1. The molecule has 0 N–H and O–H groups in total. The Bertz CT molecular complexity index is 1190. The highest BCUT2D eigenvalue weighted by molar-refractivity contribution is 9.10. The van der Waals surface area contributed by atoms with Gasteiger partial charge in [-0.25, -0.2) is 0 Å². The number of ether oxygens (including phenoxy) is 1. The minimum Gasteiger partial charge on any atom is -0.488 e. The Balaban J connectivity index is 1.71. The number of anilines is 1. The summed E-state index contributed by atoms with van der Waals surface area (Å²) < 4.78 is 6.96. The molecule has 0 bridgehead atoms. The first-order valence-corrected chi connectivity index (χ1v) is 10.4. The van der Waals surface area contributed by atoms with E-state index in [0.29, 0.717) is 23.4 Å². The summed E-state index contributed by atoms with van der Waals surface area (Å²) in [6.45, 7) is 2.85. The van der Waals surface area contributed by atoms with Crippen molar-refractivity contribution in [3.63, 3.8) is 0 Å². The van der Waals surface area contributed by atoms with Crippen molar-refractivity contribution < 1.29 is 9.53 Å². The Hall–Kier alpha value is -3.36. The lowest BCUT2D eigenvalue weighted by Crippen LogP contribution is -2.25. The molecule has 0 unspecified atom stereocenters. The topological polar surface area (TPSA) is 53.3 Å². The Morgan fingerprint density at radius 1 is 1.10 bits per heavy atom. The smallest absolute Gasteiger partial charge is 0.258 e. The molecule has 0 aromatic heterocycles. The summed E-state index contributed by atoms with van der Waals surface area (Å²) in [5.74, 6) is 0.637. The largest absolute Gasteiger partial charge is 0.488 e. The normalized spacial score (nSPS) is 14.0. The third-order valence-electron chi connectivity index (χ3n) is 5.07. The van der Waals surface area contributed by atoms with Gasteiger partial charge in [0.1, 0.15) is 12.4 Å². The first kappa shape index (κ1) is 19.9. The molecule has 148 valence electrons. The van der Waals surface area contributed by atoms with Gasteiger partial charge in [-0.1, -0.05) is 52.3 Å². The van der Waals surface area contributed by atoms with Crippen LogP contribution in [-0.4, -0.2) is 12.5 Å². The van der Waals surface area contributed by atoms with Crippen LogP contribution >= 0.6 is 15.9 Å². The van der Waals surface area contributed by atoms with Gasteiger partial charge in [-0.05, 0) is 43.3 Å². The number of likely N-dealkylation sites (N-methyl/N-ethyl adjacent to an activating group) is 1. The third kappa shape index (κ3) is 3.74. The lowest BCUT2D eigenvalue weighted by molar-refractivity contribution is -0.112. The van der Waals surface area contributed by atoms with Gasteiger partial charge in [0.05, 0.1) is 17.3 Å². The number of nitriles is 1. The number of halogens is 1. The SMILES string of the molecule is CCN1C(=O)/C(=C\c2cc(Br)ccc2OCc2ccccc2C#N)c2ccccc21. The Morgan fingerprint density at radius 3 is 2.67 bits per heavy atom. The fourth-order valence-electron chi connectivity index (χ4n) is 3.59. The van der Waals surface area contributed by atoms with Gasteiger partial charge < -0.3 is 9.64 Å². The van der Waals surface area contributed by atoms with E-state index in [9.17, 15) is 10.1 Å². The predicted molar refractivity (Wildman–Crippen MR) is 122 cm³/mol. The van der Waals surface area contributed by atoms with Crippen molar-refractivity contribution in [2.24, 2.45) is 0 Å². The Morgan fingerprint density at radius 2 is 1.87 bits per heavy atom. The first-order valence-electron chi connectivity index (χ1n) is 9.65. The highest BCUT2D eigenvalue weighted by Crippen LogP contribution is 2.38. The van der Waals surface area contributed by atoms with Crippen molar-refractivity contribution in [2.75, 3.05) is 11.4 Å². The van der Waals surface area contributed by atoms with Gasteiger partial charge in [0.25, 0.3) is 5.91 Å². The molecule has 0 saturated carbocycles. The fourth-order valence-corrected chi connectivity index (χ4v) is 3.97. The molecule has 1 amide bonds. The number of benzene rings is 3. The van der Waals surface area contributed by atoms with Crippen LogP contribution in [-0.2, 0) is 11.4 Å². The zero-order chi connectivity index (χ0) is 21.1. The number of carbonyl (C=O) groups excluding carboxylic acids is 1. The van der Waals surface area contributed by atoms with Crippen LogP contribution in [0.5, 0.6) is 5.75 Å². The summed E-state index contributed by atoms with van der Waals surface area (Å²) >= 11 is 3.51. The summed E-state index contributed by atoms with van der Waals surface area (Å²) in [6.07, 6.45) is 1.88. The number of rotatable bonds is 5. The van der Waals surface area contributed by atoms with Crippen LogP contribution in [0, 0.1) is 11.3 Å². The number of nitrogens with zero attached hydrogens (tertiary/aromatic N) is 2. The van der Waals surface area contributed by atoms with Gasteiger partial charge in [-0.15, -0.1) is 0 Å². The van der Waals surface area contributed by atoms with Crippen molar-refractivity contribution in [2.45, 2.75) is 13.5 Å². The summed E-state index contributed by atoms with van der Waals surface area (Å²) in [6, 6.07) is 23.1. The second kappa shape index (κ2) is 8.56. The summed E-state index contributed by atoms with van der Waals surface area (Å²) in [7, 11) is 0. The van der Waals surface area contributed by atoms with Crippen molar-refractivity contribution >= 4 is 39.2 Å². The van der Waals surface area contributed by atoms with Gasteiger partial charge in [0.2, 0.25) is 0 Å². The molecular weight excluding hydrogens is 440 g/mol. The van der Waals surface area contributed by atoms with Crippen LogP contribution in [0.15, 0.2) is 71.2 Å². The van der Waals surface area contributed by atoms with E-state index in [2.05, 4.69) is 22.0 Å². The molecular formula is C25H19BrN2O2. The molecule has 0 radical (unpaired) electrons. The van der Waals surface area contributed by atoms with Crippen LogP contribution in [0.25, 0.3) is 11.6 Å². The minimum atomic E-state index is -0.0144.